The normalized spacial score (nSPS) is 31.2. The molecule has 0 aromatic rings. The molecule has 2 aliphatic rings. The Morgan fingerprint density at radius 3 is 0.500 bits per heavy atom. The van der Waals surface area contributed by atoms with E-state index >= 15 is 0 Å². The first-order valence-corrected chi connectivity index (χ1v) is 5.98. The van der Waals surface area contributed by atoms with Crippen LogP contribution >= 0.6 is 0 Å². The van der Waals surface area contributed by atoms with Crippen LogP contribution in [0.4, 0.5) is 0 Å². The highest BCUT2D eigenvalue weighted by atomic mass is 16.3. The molecule has 0 aromatic carbocycles. The van der Waals surface area contributed by atoms with E-state index in [1.54, 1.807) is 0 Å². The summed E-state index contributed by atoms with van der Waals surface area (Å²) in [5.74, 6) is -11.5. The molecule has 0 aromatic heterocycles. The Labute approximate surface area is 130 Å². The molecule has 0 amide bonds. The fourth-order valence-corrected chi connectivity index (χ4v) is 1.55. The molecule has 2 rings (SSSR count). The van der Waals surface area contributed by atoms with E-state index in [1.165, 1.54) is 0 Å². The summed E-state index contributed by atoms with van der Waals surface area (Å²) in [5, 5.41) is 34.6. The third-order valence-electron chi connectivity index (χ3n) is 2.96. The van der Waals surface area contributed by atoms with E-state index in [9.17, 15) is 38.4 Å². The fraction of sp³-hybridized carbons (Fsp3) is 0.333. The Morgan fingerprint density at radius 2 is 0.417 bits per heavy atom. The van der Waals surface area contributed by atoms with E-state index in [4.69, 9.17) is 20.4 Å². The van der Waals surface area contributed by atoms with Crippen molar-refractivity contribution in [2.45, 2.75) is 24.4 Å². The van der Waals surface area contributed by atoms with Crippen molar-refractivity contribution in [3.8, 4) is 0 Å². The second-order valence-electron chi connectivity index (χ2n) is 4.52. The number of Topliss-reactive ketones (excluding diaryl/α,β-unsaturated/α-hetero) is 8. The van der Waals surface area contributed by atoms with Crippen molar-refractivity contribution in [1.29, 1.82) is 0 Å². The zero-order valence-electron chi connectivity index (χ0n) is 11.4. The first-order chi connectivity index (χ1) is 10.9. The monoisotopic (exact) mass is 344 g/mol. The minimum atomic E-state index is -2.23. The number of rotatable bonds is 0. The molecule has 0 bridgehead atoms. The lowest BCUT2D eigenvalue weighted by molar-refractivity contribution is -0.162. The molecule has 0 radical (unpaired) electrons. The van der Waals surface area contributed by atoms with Gasteiger partial charge in [-0.25, -0.2) is 0 Å². The second kappa shape index (κ2) is 6.76. The highest BCUT2D eigenvalue weighted by Crippen LogP contribution is 2.06. The van der Waals surface area contributed by atoms with Gasteiger partial charge in [-0.15, -0.1) is 0 Å². The van der Waals surface area contributed by atoms with Gasteiger partial charge in [-0.3, -0.25) is 38.4 Å². The minimum Gasteiger partial charge on any atom is -0.377 e. The molecule has 0 saturated heterocycles. The SMILES string of the molecule is O=C1C(=O)C(O)C(=O)C(=O)C1O.O=C1C(=O)C(O)C(=O)C(=O)C1O. The van der Waals surface area contributed by atoms with E-state index in [2.05, 4.69) is 0 Å². The van der Waals surface area contributed by atoms with Crippen molar-refractivity contribution in [3.05, 3.63) is 0 Å². The lowest BCUT2D eigenvalue weighted by Crippen LogP contribution is -2.54. The molecule has 12 nitrogen and oxygen atoms in total. The molecule has 12 heteroatoms. The van der Waals surface area contributed by atoms with Crippen LogP contribution in [-0.4, -0.2) is 91.1 Å². The first kappa shape index (κ1) is 19.2. The van der Waals surface area contributed by atoms with Gasteiger partial charge in [0, 0.05) is 0 Å². The summed E-state index contributed by atoms with van der Waals surface area (Å²) in [6.07, 6.45) is -8.91. The number of hydrogen-bond donors (Lipinski definition) is 4. The lowest BCUT2D eigenvalue weighted by atomic mass is 9.90. The van der Waals surface area contributed by atoms with E-state index in [0.29, 0.717) is 0 Å². The number of hydrogen-bond acceptors (Lipinski definition) is 12. The molecule has 2 fully saturated rings. The van der Waals surface area contributed by atoms with Gasteiger partial charge >= 0.3 is 0 Å². The van der Waals surface area contributed by atoms with E-state index in [1.807, 2.05) is 0 Å². The van der Waals surface area contributed by atoms with Crippen molar-refractivity contribution >= 4 is 46.3 Å². The molecule has 4 N–H and O–H groups in total. The standard InChI is InChI=1S/2C6H4O6/c2*7-1-2(8)4(10)6(12)5(11)3(1)9/h2*1,6-7,12H. The summed E-state index contributed by atoms with van der Waals surface area (Å²) in [6.45, 7) is 0. The summed E-state index contributed by atoms with van der Waals surface area (Å²) in [4.78, 5) is 84.5. The maximum absolute atomic E-state index is 10.6. The van der Waals surface area contributed by atoms with Gasteiger partial charge in [0.1, 0.15) is 0 Å². The Morgan fingerprint density at radius 1 is 0.333 bits per heavy atom. The van der Waals surface area contributed by atoms with Crippen molar-refractivity contribution in [1.82, 2.24) is 0 Å². The van der Waals surface area contributed by atoms with Gasteiger partial charge in [0.15, 0.2) is 24.4 Å². The summed E-state index contributed by atoms with van der Waals surface area (Å²) in [7, 11) is 0. The topological polar surface area (TPSA) is 217 Å². The third-order valence-corrected chi connectivity index (χ3v) is 2.96. The lowest BCUT2D eigenvalue weighted by Gasteiger charge is -2.15. The van der Waals surface area contributed by atoms with Crippen molar-refractivity contribution in [3.63, 3.8) is 0 Å². The number of aliphatic hydroxyl groups excluding tert-OH is 4. The molecule has 0 atom stereocenters. The number of carbonyl (C=O) groups is 8. The van der Waals surface area contributed by atoms with Crippen LogP contribution in [0.15, 0.2) is 0 Å². The predicted molar refractivity (Wildman–Crippen MR) is 64.1 cm³/mol. The van der Waals surface area contributed by atoms with Crippen LogP contribution in [0.25, 0.3) is 0 Å². The van der Waals surface area contributed by atoms with Gasteiger partial charge in [-0.1, -0.05) is 0 Å². The van der Waals surface area contributed by atoms with Crippen LogP contribution < -0.4 is 0 Å². The van der Waals surface area contributed by atoms with Crippen LogP contribution in [0.3, 0.4) is 0 Å². The summed E-state index contributed by atoms with van der Waals surface area (Å²) < 4.78 is 0. The van der Waals surface area contributed by atoms with Crippen molar-refractivity contribution in [2.24, 2.45) is 0 Å². The molecule has 24 heavy (non-hydrogen) atoms. The van der Waals surface area contributed by atoms with Gasteiger partial charge in [0.25, 0.3) is 0 Å². The number of aliphatic hydroxyl groups is 4. The molecular formula is C12H8O12. The number of carbonyl (C=O) groups excluding carboxylic acids is 8. The van der Waals surface area contributed by atoms with Gasteiger partial charge in [-0.05, 0) is 0 Å². The van der Waals surface area contributed by atoms with Crippen LogP contribution in [0, 0.1) is 0 Å². The van der Waals surface area contributed by atoms with Crippen LogP contribution in [0.5, 0.6) is 0 Å². The molecule has 2 aliphatic carbocycles. The largest absolute Gasteiger partial charge is 0.377 e. The Bertz CT molecular complexity index is 525. The van der Waals surface area contributed by atoms with Crippen LogP contribution in [-0.2, 0) is 38.4 Å². The Hall–Kier alpha value is -2.80. The third kappa shape index (κ3) is 3.11. The average molecular weight is 344 g/mol. The molecule has 0 aliphatic heterocycles. The maximum atomic E-state index is 10.6. The quantitative estimate of drug-likeness (QED) is 0.238. The van der Waals surface area contributed by atoms with Crippen molar-refractivity contribution in [2.75, 3.05) is 0 Å². The van der Waals surface area contributed by atoms with Gasteiger partial charge in [0.05, 0.1) is 0 Å². The van der Waals surface area contributed by atoms with Gasteiger partial charge in [0.2, 0.25) is 46.3 Å². The Balaban J connectivity index is 0.000000240. The molecule has 0 unspecified atom stereocenters. The zero-order chi connectivity index (χ0) is 18.9. The zero-order valence-corrected chi connectivity index (χ0v) is 11.4. The second-order valence-corrected chi connectivity index (χ2v) is 4.52. The van der Waals surface area contributed by atoms with Crippen molar-refractivity contribution < 1.29 is 58.8 Å². The van der Waals surface area contributed by atoms with Crippen LogP contribution in [0.1, 0.15) is 0 Å². The van der Waals surface area contributed by atoms with Gasteiger partial charge < -0.3 is 20.4 Å². The maximum Gasteiger partial charge on any atom is 0.238 e. The van der Waals surface area contributed by atoms with Gasteiger partial charge in [-0.2, -0.15) is 0 Å². The number of ketones is 8. The van der Waals surface area contributed by atoms with E-state index < -0.39 is 70.7 Å². The van der Waals surface area contributed by atoms with E-state index in [0.717, 1.165) is 0 Å². The highest BCUT2D eigenvalue weighted by Gasteiger charge is 2.48. The summed E-state index contributed by atoms with van der Waals surface area (Å²) >= 11 is 0. The van der Waals surface area contributed by atoms with E-state index in [-0.39, 0.29) is 0 Å². The summed E-state index contributed by atoms with van der Waals surface area (Å²) in [6, 6.07) is 0. The highest BCUT2D eigenvalue weighted by molar-refractivity contribution is 6.63. The Kier molecular flexibility index (Phi) is 5.42. The summed E-state index contributed by atoms with van der Waals surface area (Å²) in [5.41, 5.74) is 0. The molecule has 0 spiro atoms. The molecule has 0 heterocycles. The predicted octanol–water partition coefficient (Wildman–Crippen LogP) is -6.00. The average Bonchev–Trinajstić information content (AvgIpc) is 2.58. The minimum absolute atomic E-state index is 1.44. The molecule has 128 valence electrons. The molecule has 2 saturated carbocycles. The first-order valence-electron chi connectivity index (χ1n) is 5.98. The van der Waals surface area contributed by atoms with Crippen LogP contribution in [0.2, 0.25) is 0 Å². The molecular weight excluding hydrogens is 336 g/mol. The smallest absolute Gasteiger partial charge is 0.238 e. The fourth-order valence-electron chi connectivity index (χ4n) is 1.55.